The van der Waals surface area contributed by atoms with E-state index in [0.717, 1.165) is 6.07 Å². The first-order chi connectivity index (χ1) is 9.29. The van der Waals surface area contributed by atoms with Gasteiger partial charge in [0.2, 0.25) is 0 Å². The summed E-state index contributed by atoms with van der Waals surface area (Å²) in [5, 5.41) is 0. The monoisotopic (exact) mass is 349 g/mol. The van der Waals surface area contributed by atoms with Gasteiger partial charge < -0.3 is 4.90 Å². The van der Waals surface area contributed by atoms with Crippen LogP contribution in [0.4, 0.5) is 13.2 Å². The highest BCUT2D eigenvalue weighted by Gasteiger charge is 2.34. The normalized spacial score (nSPS) is 16.4. The Hall–Kier alpha value is -1.37. The van der Waals surface area contributed by atoms with E-state index in [1.807, 2.05) is 0 Å². The summed E-state index contributed by atoms with van der Waals surface area (Å²) in [6.07, 6.45) is -4.00. The van der Waals surface area contributed by atoms with E-state index in [1.165, 1.54) is 17.0 Å². The molecule has 0 atom stereocenters. The minimum Gasteiger partial charge on any atom is -0.338 e. The highest BCUT2D eigenvalue weighted by molar-refractivity contribution is 9.10. The predicted octanol–water partition coefficient (Wildman–Crippen LogP) is 3.27. The fourth-order valence-corrected chi connectivity index (χ4v) is 2.49. The number of piperidine rings is 1. The van der Waals surface area contributed by atoms with Crippen molar-refractivity contribution < 1.29 is 22.8 Å². The van der Waals surface area contributed by atoms with Gasteiger partial charge in [-0.05, 0) is 18.2 Å². The van der Waals surface area contributed by atoms with Crippen LogP contribution >= 0.6 is 15.9 Å². The summed E-state index contributed by atoms with van der Waals surface area (Å²) in [6.45, 7) is 0.518. The number of amides is 1. The summed E-state index contributed by atoms with van der Waals surface area (Å²) in [4.78, 5) is 24.6. The molecule has 0 aliphatic carbocycles. The van der Waals surface area contributed by atoms with Gasteiger partial charge in [-0.15, -0.1) is 0 Å². The van der Waals surface area contributed by atoms with E-state index in [0.29, 0.717) is 0 Å². The molecule has 1 aliphatic rings. The number of nitrogens with zero attached hydrogens (tertiary/aromatic N) is 1. The van der Waals surface area contributed by atoms with Gasteiger partial charge >= 0.3 is 6.18 Å². The quantitative estimate of drug-likeness (QED) is 0.780. The second kappa shape index (κ2) is 5.55. The molecule has 0 aromatic heterocycles. The maximum absolute atomic E-state index is 12.8. The average molecular weight is 350 g/mol. The van der Waals surface area contributed by atoms with Gasteiger partial charge in [0.1, 0.15) is 5.78 Å². The number of hydrogen-bond acceptors (Lipinski definition) is 2. The number of Topliss-reactive ketones (excluding diaryl/α,β-unsaturated/α-hetero) is 1. The molecule has 0 unspecified atom stereocenters. The molecule has 1 aliphatic heterocycles. The fraction of sp³-hybridized carbons (Fsp3) is 0.385. The van der Waals surface area contributed by atoms with Crippen molar-refractivity contribution >= 4 is 27.6 Å². The summed E-state index contributed by atoms with van der Waals surface area (Å²) in [5.41, 5.74) is -0.897. The van der Waals surface area contributed by atoms with Gasteiger partial charge in [-0.1, -0.05) is 15.9 Å². The smallest absolute Gasteiger partial charge is 0.338 e. The molecule has 0 spiro atoms. The van der Waals surface area contributed by atoms with Crippen molar-refractivity contribution in [1.29, 1.82) is 0 Å². The molecule has 0 N–H and O–H groups in total. The fourth-order valence-electron chi connectivity index (χ4n) is 2.02. The summed E-state index contributed by atoms with van der Waals surface area (Å²) in [6, 6.07) is 3.39. The summed E-state index contributed by atoms with van der Waals surface area (Å²) >= 11 is 2.83. The van der Waals surface area contributed by atoms with E-state index >= 15 is 0 Å². The number of rotatable bonds is 1. The van der Waals surface area contributed by atoms with Crippen LogP contribution in [-0.4, -0.2) is 29.7 Å². The van der Waals surface area contributed by atoms with Crippen LogP contribution in [0.2, 0.25) is 0 Å². The number of benzene rings is 1. The first kappa shape index (κ1) is 15.0. The van der Waals surface area contributed by atoms with Gasteiger partial charge in [0, 0.05) is 36.0 Å². The largest absolute Gasteiger partial charge is 0.417 e. The lowest BCUT2D eigenvalue weighted by Crippen LogP contribution is -2.38. The number of likely N-dealkylation sites (tertiary alicyclic amines) is 1. The summed E-state index contributed by atoms with van der Waals surface area (Å²) in [7, 11) is 0. The molecule has 1 aromatic rings. The molecule has 20 heavy (non-hydrogen) atoms. The number of carbonyl (C=O) groups is 2. The lowest BCUT2D eigenvalue weighted by Gasteiger charge is -2.26. The Bertz CT molecular complexity index is 547. The third kappa shape index (κ3) is 3.20. The molecule has 2 rings (SSSR count). The molecule has 0 bridgehead atoms. The molecule has 1 heterocycles. The number of carbonyl (C=O) groups excluding carboxylic acids is 2. The molecular weight excluding hydrogens is 339 g/mol. The SMILES string of the molecule is O=C1CCN(C(=O)c2ccc(Br)c(C(F)(F)F)c2)CC1. The van der Waals surface area contributed by atoms with E-state index in [2.05, 4.69) is 15.9 Å². The van der Waals surface area contributed by atoms with Crippen LogP contribution in [0.3, 0.4) is 0 Å². The van der Waals surface area contributed by atoms with E-state index in [9.17, 15) is 22.8 Å². The zero-order valence-electron chi connectivity index (χ0n) is 10.3. The number of hydrogen-bond donors (Lipinski definition) is 0. The Morgan fingerprint density at radius 3 is 2.35 bits per heavy atom. The van der Waals surface area contributed by atoms with Crippen LogP contribution in [0, 0.1) is 0 Å². The van der Waals surface area contributed by atoms with Crippen molar-refractivity contribution in [1.82, 2.24) is 4.90 Å². The van der Waals surface area contributed by atoms with E-state index in [-0.39, 0.29) is 41.8 Å². The van der Waals surface area contributed by atoms with Crippen molar-refractivity contribution in [2.75, 3.05) is 13.1 Å². The van der Waals surface area contributed by atoms with Crippen molar-refractivity contribution in [2.45, 2.75) is 19.0 Å². The van der Waals surface area contributed by atoms with Crippen LogP contribution in [0.25, 0.3) is 0 Å². The van der Waals surface area contributed by atoms with Crippen molar-refractivity contribution in [3.05, 3.63) is 33.8 Å². The zero-order valence-corrected chi connectivity index (χ0v) is 11.9. The van der Waals surface area contributed by atoms with E-state index in [1.54, 1.807) is 0 Å². The van der Waals surface area contributed by atoms with Gasteiger partial charge in [-0.2, -0.15) is 13.2 Å². The van der Waals surface area contributed by atoms with Crippen molar-refractivity contribution in [3.8, 4) is 0 Å². The minimum atomic E-state index is -4.52. The maximum atomic E-state index is 12.8. The van der Waals surface area contributed by atoms with Crippen LogP contribution < -0.4 is 0 Å². The van der Waals surface area contributed by atoms with Gasteiger partial charge in [0.15, 0.2) is 0 Å². The molecule has 0 radical (unpaired) electrons. The first-order valence-electron chi connectivity index (χ1n) is 5.97. The lowest BCUT2D eigenvalue weighted by atomic mass is 10.1. The summed E-state index contributed by atoms with van der Waals surface area (Å²) in [5.74, 6) is -0.406. The van der Waals surface area contributed by atoms with Crippen LogP contribution in [0.5, 0.6) is 0 Å². The first-order valence-corrected chi connectivity index (χ1v) is 6.76. The van der Waals surface area contributed by atoms with Crippen LogP contribution in [-0.2, 0) is 11.0 Å². The maximum Gasteiger partial charge on any atom is 0.417 e. The molecule has 1 amide bonds. The van der Waals surface area contributed by atoms with Gasteiger partial charge in [0.25, 0.3) is 5.91 Å². The molecule has 1 aromatic carbocycles. The van der Waals surface area contributed by atoms with E-state index < -0.39 is 17.6 Å². The average Bonchev–Trinajstić information content (AvgIpc) is 2.38. The molecule has 1 saturated heterocycles. The van der Waals surface area contributed by atoms with E-state index in [4.69, 9.17) is 0 Å². The highest BCUT2D eigenvalue weighted by Crippen LogP contribution is 2.35. The van der Waals surface area contributed by atoms with Crippen LogP contribution in [0.15, 0.2) is 22.7 Å². The Labute approximate surface area is 121 Å². The number of alkyl halides is 3. The second-order valence-electron chi connectivity index (χ2n) is 4.52. The second-order valence-corrected chi connectivity index (χ2v) is 5.38. The zero-order chi connectivity index (χ0) is 14.9. The molecule has 108 valence electrons. The molecular formula is C13H11BrF3NO2. The Morgan fingerprint density at radius 2 is 1.80 bits per heavy atom. The number of halogens is 4. The van der Waals surface area contributed by atoms with Gasteiger partial charge in [-0.3, -0.25) is 9.59 Å². The topological polar surface area (TPSA) is 37.4 Å². The Kier molecular flexibility index (Phi) is 4.17. The van der Waals surface area contributed by atoms with Gasteiger partial charge in [-0.25, -0.2) is 0 Å². The third-order valence-corrected chi connectivity index (χ3v) is 3.82. The third-order valence-electron chi connectivity index (χ3n) is 3.13. The Balaban J connectivity index is 2.25. The summed E-state index contributed by atoms with van der Waals surface area (Å²) < 4.78 is 38.3. The molecule has 3 nitrogen and oxygen atoms in total. The lowest BCUT2D eigenvalue weighted by molar-refractivity contribution is -0.138. The standard InChI is InChI=1S/C13H11BrF3NO2/c14-11-2-1-8(7-10(11)13(15,16)17)12(20)18-5-3-9(19)4-6-18/h1-2,7H,3-6H2. The molecule has 7 heteroatoms. The molecule has 1 fully saturated rings. The van der Waals surface area contributed by atoms with Gasteiger partial charge in [0.05, 0.1) is 5.56 Å². The number of ketones is 1. The highest BCUT2D eigenvalue weighted by atomic mass is 79.9. The minimum absolute atomic E-state index is 0.0186. The Morgan fingerprint density at radius 1 is 1.20 bits per heavy atom. The van der Waals surface area contributed by atoms with Crippen molar-refractivity contribution in [2.24, 2.45) is 0 Å². The van der Waals surface area contributed by atoms with Crippen molar-refractivity contribution in [3.63, 3.8) is 0 Å². The molecule has 0 saturated carbocycles. The predicted molar refractivity (Wildman–Crippen MR) is 69.3 cm³/mol. The van der Waals surface area contributed by atoms with Crippen LogP contribution in [0.1, 0.15) is 28.8 Å².